The maximum Gasteiger partial charge on any atom is 0.453 e. The molecule has 0 fully saturated rings. The molecule has 3 aromatic heterocycles. The zero-order chi connectivity index (χ0) is 24.6. The Balaban J connectivity index is 1.57. The van der Waals surface area contributed by atoms with Crippen LogP contribution >= 0.6 is 0 Å². The summed E-state index contributed by atoms with van der Waals surface area (Å²) in [5.74, 6) is -2.66. The van der Waals surface area contributed by atoms with Crippen molar-refractivity contribution in [1.29, 1.82) is 0 Å². The Morgan fingerprint density at radius 3 is 2.65 bits per heavy atom. The molecule has 12 heteroatoms. The number of fused-ring (bicyclic) bond motifs is 2. The number of nitrogens with zero attached hydrogens (tertiary/aromatic N) is 4. The SMILES string of the molecule is COC(=O)[C@H](Cc1c[nH]c2ccccc12)NC(=O)Cc1c(C)nc2nc(C(F)(F)F)nn2c1C. The van der Waals surface area contributed by atoms with Gasteiger partial charge in [-0.2, -0.15) is 18.2 Å². The highest BCUT2D eigenvalue weighted by Crippen LogP contribution is 2.27. The standard InChI is InChI=1S/C22H21F3N6O3/c1-11-15(12(2)31-21(27-11)29-20(30-31)22(23,24)25)9-18(32)28-17(19(33)34-3)8-13-10-26-16-7-5-4-6-14(13)16/h4-7,10,17,26H,8-9H2,1-3H3,(H,28,32)/t17-/m0/s1. The first-order chi connectivity index (χ1) is 16.1. The van der Waals surface area contributed by atoms with Gasteiger partial charge in [-0.05, 0) is 25.5 Å². The van der Waals surface area contributed by atoms with Gasteiger partial charge in [0, 0.05) is 40.5 Å². The Hall–Kier alpha value is -3.96. The second-order valence-electron chi connectivity index (χ2n) is 7.79. The first-order valence-corrected chi connectivity index (χ1v) is 10.3. The lowest BCUT2D eigenvalue weighted by molar-refractivity contribution is -0.145. The molecular weight excluding hydrogens is 453 g/mol. The monoisotopic (exact) mass is 474 g/mol. The van der Waals surface area contributed by atoms with Crippen molar-refractivity contribution in [3.05, 3.63) is 58.8 Å². The van der Waals surface area contributed by atoms with E-state index in [1.165, 1.54) is 14.0 Å². The van der Waals surface area contributed by atoms with Crippen LogP contribution in [0.3, 0.4) is 0 Å². The van der Waals surface area contributed by atoms with E-state index in [4.69, 9.17) is 4.74 Å². The number of aromatic nitrogens is 5. The number of methoxy groups -OCH3 is 1. The van der Waals surface area contributed by atoms with Gasteiger partial charge in [-0.25, -0.2) is 14.3 Å². The van der Waals surface area contributed by atoms with Crippen LogP contribution in [0.2, 0.25) is 0 Å². The summed E-state index contributed by atoms with van der Waals surface area (Å²) in [7, 11) is 1.23. The van der Waals surface area contributed by atoms with Crippen LogP contribution in [0.15, 0.2) is 30.5 Å². The van der Waals surface area contributed by atoms with Crippen molar-refractivity contribution in [1.82, 2.24) is 29.9 Å². The number of aryl methyl sites for hydroxylation is 2. The van der Waals surface area contributed by atoms with E-state index in [0.717, 1.165) is 21.0 Å². The van der Waals surface area contributed by atoms with Gasteiger partial charge in [-0.15, -0.1) is 5.10 Å². The number of nitrogens with one attached hydrogen (secondary N) is 2. The molecule has 0 aliphatic carbocycles. The van der Waals surface area contributed by atoms with E-state index in [1.54, 1.807) is 13.1 Å². The Morgan fingerprint density at radius 1 is 1.21 bits per heavy atom. The zero-order valence-electron chi connectivity index (χ0n) is 18.5. The van der Waals surface area contributed by atoms with E-state index >= 15 is 0 Å². The van der Waals surface area contributed by atoms with E-state index in [0.29, 0.717) is 17.0 Å². The van der Waals surface area contributed by atoms with E-state index in [9.17, 15) is 22.8 Å². The summed E-state index contributed by atoms with van der Waals surface area (Å²) >= 11 is 0. The van der Waals surface area contributed by atoms with Gasteiger partial charge in [-0.3, -0.25) is 4.79 Å². The number of H-pyrrole nitrogens is 1. The molecular formula is C22H21F3N6O3. The number of carbonyl (C=O) groups is 2. The topological polar surface area (TPSA) is 114 Å². The quantitative estimate of drug-likeness (QED) is 0.416. The lowest BCUT2D eigenvalue weighted by Gasteiger charge is -2.17. The van der Waals surface area contributed by atoms with Gasteiger partial charge < -0.3 is 15.0 Å². The maximum absolute atomic E-state index is 13.0. The van der Waals surface area contributed by atoms with Crippen LogP contribution in [-0.4, -0.2) is 49.6 Å². The van der Waals surface area contributed by atoms with Crippen LogP contribution in [-0.2, 0) is 33.3 Å². The number of hydrogen-bond acceptors (Lipinski definition) is 6. The highest BCUT2D eigenvalue weighted by Gasteiger charge is 2.37. The zero-order valence-corrected chi connectivity index (χ0v) is 18.5. The third kappa shape index (κ3) is 4.43. The van der Waals surface area contributed by atoms with Crippen LogP contribution in [0.25, 0.3) is 16.7 Å². The predicted octanol–water partition coefficient (Wildman–Crippen LogP) is 2.68. The minimum atomic E-state index is -4.72. The highest BCUT2D eigenvalue weighted by molar-refractivity contribution is 5.88. The Bertz CT molecular complexity index is 1390. The summed E-state index contributed by atoms with van der Waals surface area (Å²) in [6, 6.07) is 6.59. The van der Waals surface area contributed by atoms with Crippen LogP contribution in [0.5, 0.6) is 0 Å². The van der Waals surface area contributed by atoms with Crippen molar-refractivity contribution in [2.45, 2.75) is 38.9 Å². The molecule has 0 saturated carbocycles. The summed E-state index contributed by atoms with van der Waals surface area (Å²) in [6.07, 6.45) is -2.98. The molecule has 0 saturated heterocycles. The molecule has 4 aromatic rings. The molecule has 9 nitrogen and oxygen atoms in total. The fourth-order valence-corrected chi connectivity index (χ4v) is 3.85. The van der Waals surface area contributed by atoms with Crippen molar-refractivity contribution in [2.75, 3.05) is 7.11 Å². The van der Waals surface area contributed by atoms with Crippen molar-refractivity contribution in [2.24, 2.45) is 0 Å². The summed E-state index contributed by atoms with van der Waals surface area (Å²) < 4.78 is 44.8. The number of carbonyl (C=O) groups excluding carboxylic acids is 2. The third-order valence-electron chi connectivity index (χ3n) is 5.56. The summed E-state index contributed by atoms with van der Waals surface area (Å²) in [6.45, 7) is 3.10. The van der Waals surface area contributed by atoms with Crippen LogP contribution in [0.1, 0.15) is 28.3 Å². The largest absolute Gasteiger partial charge is 0.467 e. The van der Waals surface area contributed by atoms with Crippen LogP contribution < -0.4 is 5.32 Å². The van der Waals surface area contributed by atoms with Gasteiger partial charge in [0.2, 0.25) is 5.91 Å². The second kappa shape index (κ2) is 8.76. The van der Waals surface area contributed by atoms with Gasteiger partial charge in [0.1, 0.15) is 6.04 Å². The molecule has 0 spiro atoms. The van der Waals surface area contributed by atoms with Gasteiger partial charge in [0.15, 0.2) is 0 Å². The number of alkyl halides is 3. The molecule has 178 valence electrons. The number of rotatable bonds is 6. The number of benzene rings is 1. The van der Waals surface area contributed by atoms with Crippen LogP contribution in [0.4, 0.5) is 13.2 Å². The summed E-state index contributed by atoms with van der Waals surface area (Å²) in [4.78, 5) is 35.8. The maximum atomic E-state index is 13.0. The number of halogens is 3. The number of ether oxygens (including phenoxy) is 1. The van der Waals surface area contributed by atoms with E-state index in [1.807, 2.05) is 24.3 Å². The van der Waals surface area contributed by atoms with Crippen molar-refractivity contribution >= 4 is 28.6 Å². The Kier molecular flexibility index (Phi) is 5.98. The number of hydrogen-bond donors (Lipinski definition) is 2. The first-order valence-electron chi connectivity index (χ1n) is 10.3. The van der Waals surface area contributed by atoms with Gasteiger partial charge in [-0.1, -0.05) is 18.2 Å². The van der Waals surface area contributed by atoms with Gasteiger partial charge in [0.05, 0.1) is 13.5 Å². The van der Waals surface area contributed by atoms with Crippen LogP contribution in [0, 0.1) is 13.8 Å². The average Bonchev–Trinajstić information content (AvgIpc) is 3.40. The lowest BCUT2D eigenvalue weighted by atomic mass is 10.0. The normalized spacial score (nSPS) is 12.8. The lowest BCUT2D eigenvalue weighted by Crippen LogP contribution is -2.43. The molecule has 1 aromatic carbocycles. The number of para-hydroxylation sites is 1. The molecule has 1 atom stereocenters. The minimum absolute atomic E-state index is 0.190. The Labute approximate surface area is 191 Å². The summed E-state index contributed by atoms with van der Waals surface area (Å²) in [5, 5.41) is 7.07. The van der Waals surface area contributed by atoms with E-state index in [2.05, 4.69) is 25.4 Å². The number of amides is 1. The van der Waals surface area contributed by atoms with E-state index in [-0.39, 0.29) is 18.6 Å². The first kappa shape index (κ1) is 23.2. The molecule has 0 unspecified atom stereocenters. The van der Waals surface area contributed by atoms with Crippen molar-refractivity contribution < 1.29 is 27.5 Å². The predicted molar refractivity (Wildman–Crippen MR) is 115 cm³/mol. The molecule has 2 N–H and O–H groups in total. The smallest absolute Gasteiger partial charge is 0.453 e. The molecule has 0 aliphatic rings. The highest BCUT2D eigenvalue weighted by atomic mass is 19.4. The fraction of sp³-hybridized carbons (Fsp3) is 0.318. The molecule has 1 amide bonds. The fourth-order valence-electron chi connectivity index (χ4n) is 3.85. The van der Waals surface area contributed by atoms with Crippen molar-refractivity contribution in [3.63, 3.8) is 0 Å². The molecule has 3 heterocycles. The van der Waals surface area contributed by atoms with Gasteiger partial charge in [0.25, 0.3) is 11.6 Å². The van der Waals surface area contributed by atoms with E-state index < -0.39 is 29.9 Å². The third-order valence-corrected chi connectivity index (χ3v) is 5.56. The molecule has 0 bridgehead atoms. The molecule has 0 aliphatic heterocycles. The molecule has 4 rings (SSSR count). The van der Waals surface area contributed by atoms with Gasteiger partial charge >= 0.3 is 12.1 Å². The number of aromatic amines is 1. The molecule has 34 heavy (non-hydrogen) atoms. The second-order valence-corrected chi connectivity index (χ2v) is 7.79. The molecule has 0 radical (unpaired) electrons. The van der Waals surface area contributed by atoms with Crippen molar-refractivity contribution in [3.8, 4) is 0 Å². The minimum Gasteiger partial charge on any atom is -0.467 e. The Morgan fingerprint density at radius 2 is 1.94 bits per heavy atom. The summed E-state index contributed by atoms with van der Waals surface area (Å²) in [5.41, 5.74) is 2.74. The number of esters is 1. The average molecular weight is 474 g/mol.